The number of hydrogen-bond donors (Lipinski definition) is 1. The number of rotatable bonds is 4. The van der Waals surface area contributed by atoms with E-state index in [9.17, 15) is 9.59 Å². The monoisotopic (exact) mass is 475 g/mol. The lowest BCUT2D eigenvalue weighted by molar-refractivity contribution is -0.143. The summed E-state index contributed by atoms with van der Waals surface area (Å²) in [6, 6.07) is 5.93. The highest BCUT2D eigenvalue weighted by Crippen LogP contribution is 2.63. The van der Waals surface area contributed by atoms with Gasteiger partial charge in [-0.2, -0.15) is 5.10 Å². The molecule has 4 heterocycles. The van der Waals surface area contributed by atoms with Gasteiger partial charge in [0.15, 0.2) is 0 Å². The first-order valence-corrected chi connectivity index (χ1v) is 12.0. The molecule has 2 unspecified atom stereocenters. The van der Waals surface area contributed by atoms with Crippen molar-refractivity contribution in [2.45, 2.75) is 33.7 Å². The molecule has 174 valence electrons. The Bertz CT molecular complexity index is 1380. The molecule has 0 radical (unpaired) electrons. The van der Waals surface area contributed by atoms with Crippen molar-refractivity contribution in [3.05, 3.63) is 58.5 Å². The van der Waals surface area contributed by atoms with Crippen LogP contribution in [0.5, 0.6) is 0 Å². The number of halogens is 1. The van der Waals surface area contributed by atoms with Gasteiger partial charge < -0.3 is 5.32 Å². The van der Waals surface area contributed by atoms with Crippen molar-refractivity contribution in [3.8, 4) is 11.3 Å². The smallest absolute Gasteiger partial charge is 0.233 e. The standard InChI is InChI=1S/C26H26ClN5O2/c1-14-8-17(27)10-18(20(14)16-4-6-28-7-5-16)23-19-9-15(12-32(19)30-13-29-23)11-31-24(33)21-22(25(31)34)26(21,2)3/h4,8-10,12-13,21-22,28H,5-7,11H2,1-3H3. The van der Waals surface area contributed by atoms with Gasteiger partial charge in [-0.1, -0.05) is 31.5 Å². The van der Waals surface area contributed by atoms with E-state index in [0.29, 0.717) is 5.02 Å². The summed E-state index contributed by atoms with van der Waals surface area (Å²) in [5.74, 6) is -0.482. The zero-order chi connectivity index (χ0) is 23.8. The molecule has 8 heteroatoms. The third-order valence-corrected chi connectivity index (χ3v) is 7.85. The molecular weight excluding hydrogens is 450 g/mol. The zero-order valence-electron chi connectivity index (χ0n) is 19.4. The number of nitrogens with one attached hydrogen (secondary N) is 1. The molecule has 1 N–H and O–H groups in total. The van der Waals surface area contributed by atoms with E-state index in [1.54, 1.807) is 4.52 Å². The Morgan fingerprint density at radius 1 is 1.18 bits per heavy atom. The number of aromatic nitrogens is 3. The average molecular weight is 476 g/mol. The van der Waals surface area contributed by atoms with Crippen molar-refractivity contribution in [1.29, 1.82) is 0 Å². The summed E-state index contributed by atoms with van der Waals surface area (Å²) in [5.41, 5.74) is 6.75. The van der Waals surface area contributed by atoms with E-state index in [1.807, 2.05) is 38.2 Å². The van der Waals surface area contributed by atoms with Gasteiger partial charge in [-0.25, -0.2) is 9.50 Å². The third-order valence-electron chi connectivity index (χ3n) is 7.64. The van der Waals surface area contributed by atoms with E-state index < -0.39 is 0 Å². The molecule has 2 aromatic heterocycles. The number of piperidine rings is 1. The Morgan fingerprint density at radius 2 is 1.94 bits per heavy atom. The Kier molecular flexibility index (Phi) is 4.73. The minimum atomic E-state index is -0.209. The van der Waals surface area contributed by atoms with E-state index in [1.165, 1.54) is 16.8 Å². The summed E-state index contributed by atoms with van der Waals surface area (Å²) >= 11 is 6.49. The third kappa shape index (κ3) is 3.14. The van der Waals surface area contributed by atoms with Gasteiger partial charge in [0, 0.05) is 23.3 Å². The van der Waals surface area contributed by atoms with Crippen molar-refractivity contribution in [1.82, 2.24) is 24.8 Å². The summed E-state index contributed by atoms with van der Waals surface area (Å²) in [5, 5.41) is 8.42. The van der Waals surface area contributed by atoms with Crippen LogP contribution in [0.2, 0.25) is 5.02 Å². The lowest BCUT2D eigenvalue weighted by atomic mass is 9.90. The number of aryl methyl sites for hydroxylation is 1. The van der Waals surface area contributed by atoms with Gasteiger partial charge in [0.05, 0.1) is 29.6 Å². The van der Waals surface area contributed by atoms with E-state index in [0.717, 1.165) is 53.0 Å². The number of fused-ring (bicyclic) bond motifs is 2. The lowest BCUT2D eigenvalue weighted by Gasteiger charge is -2.20. The largest absolute Gasteiger partial charge is 0.313 e. The van der Waals surface area contributed by atoms with Crippen LogP contribution in [0.15, 0.2) is 36.8 Å². The minimum absolute atomic E-state index is 0.0628. The van der Waals surface area contributed by atoms with Crippen molar-refractivity contribution in [3.63, 3.8) is 0 Å². The van der Waals surface area contributed by atoms with Crippen molar-refractivity contribution >= 4 is 34.5 Å². The molecule has 0 spiro atoms. The van der Waals surface area contributed by atoms with Gasteiger partial charge in [-0.15, -0.1) is 0 Å². The van der Waals surface area contributed by atoms with Gasteiger partial charge >= 0.3 is 0 Å². The lowest BCUT2D eigenvalue weighted by Crippen LogP contribution is -2.35. The van der Waals surface area contributed by atoms with Crippen LogP contribution in [0.3, 0.4) is 0 Å². The fourth-order valence-corrected chi connectivity index (χ4v) is 6.10. The topological polar surface area (TPSA) is 79.6 Å². The van der Waals surface area contributed by atoms with Crippen molar-refractivity contribution < 1.29 is 9.59 Å². The number of imide groups is 1. The summed E-state index contributed by atoms with van der Waals surface area (Å²) in [6.07, 6.45) is 6.56. The molecule has 34 heavy (non-hydrogen) atoms. The maximum absolute atomic E-state index is 12.8. The number of nitrogens with zero attached hydrogens (tertiary/aromatic N) is 4. The van der Waals surface area contributed by atoms with Gasteiger partial charge in [0.1, 0.15) is 6.33 Å². The van der Waals surface area contributed by atoms with Crippen LogP contribution in [0.25, 0.3) is 22.3 Å². The van der Waals surface area contributed by atoms with E-state index in [-0.39, 0.29) is 35.6 Å². The Balaban J connectivity index is 1.41. The highest BCUT2D eigenvalue weighted by molar-refractivity contribution is 6.31. The summed E-state index contributed by atoms with van der Waals surface area (Å²) in [4.78, 5) is 31.7. The Labute approximate surface area is 202 Å². The second-order valence-electron chi connectivity index (χ2n) is 10.2. The summed E-state index contributed by atoms with van der Waals surface area (Å²) < 4.78 is 1.77. The van der Waals surface area contributed by atoms with Crippen LogP contribution in [-0.2, 0) is 16.1 Å². The van der Waals surface area contributed by atoms with Crippen LogP contribution < -0.4 is 5.32 Å². The zero-order valence-corrected chi connectivity index (χ0v) is 20.2. The summed E-state index contributed by atoms with van der Waals surface area (Å²) in [7, 11) is 0. The molecular formula is C26H26ClN5O2. The van der Waals surface area contributed by atoms with Crippen molar-refractivity contribution in [2.75, 3.05) is 13.1 Å². The minimum Gasteiger partial charge on any atom is -0.313 e. The number of carbonyl (C=O) groups excluding carboxylic acids is 2. The second-order valence-corrected chi connectivity index (χ2v) is 10.6. The fourth-order valence-electron chi connectivity index (χ4n) is 5.83. The molecule has 1 aromatic carbocycles. The number of carbonyl (C=O) groups is 2. The predicted octanol–water partition coefficient (Wildman–Crippen LogP) is 3.88. The molecule has 1 aliphatic carbocycles. The van der Waals surface area contributed by atoms with Crippen LogP contribution in [-0.4, -0.2) is 44.4 Å². The SMILES string of the molecule is Cc1cc(Cl)cc(-c2ncnn3cc(CN4C(=O)C5C(C4=O)C5(C)C)cc23)c1C1=CCNCC1. The Morgan fingerprint density at radius 3 is 2.65 bits per heavy atom. The molecule has 1 saturated heterocycles. The average Bonchev–Trinajstić information content (AvgIpc) is 3.04. The molecule has 3 aliphatic rings. The molecule has 1 saturated carbocycles. The molecule has 6 rings (SSSR count). The van der Waals surface area contributed by atoms with Gasteiger partial charge in [0.2, 0.25) is 11.8 Å². The molecule has 2 aliphatic heterocycles. The van der Waals surface area contributed by atoms with Crippen LogP contribution in [0.4, 0.5) is 0 Å². The van der Waals surface area contributed by atoms with Gasteiger partial charge in [-0.05, 0) is 65.8 Å². The fraction of sp³-hybridized carbons (Fsp3) is 0.385. The van der Waals surface area contributed by atoms with Gasteiger partial charge in [-0.3, -0.25) is 14.5 Å². The molecule has 2 fully saturated rings. The van der Waals surface area contributed by atoms with E-state index in [2.05, 4.69) is 28.4 Å². The van der Waals surface area contributed by atoms with Crippen LogP contribution >= 0.6 is 11.6 Å². The first kappa shape index (κ1) is 21.5. The first-order valence-electron chi connectivity index (χ1n) is 11.7. The second kappa shape index (κ2) is 7.48. The molecule has 7 nitrogen and oxygen atoms in total. The number of amides is 2. The predicted molar refractivity (Wildman–Crippen MR) is 130 cm³/mol. The molecule has 3 aromatic rings. The summed E-state index contributed by atoms with van der Waals surface area (Å²) in [6.45, 7) is 8.08. The van der Waals surface area contributed by atoms with Crippen LogP contribution in [0.1, 0.15) is 37.0 Å². The number of benzene rings is 1. The van der Waals surface area contributed by atoms with Crippen molar-refractivity contribution in [2.24, 2.45) is 17.3 Å². The Hall–Kier alpha value is -3.03. The number of likely N-dealkylation sites (tertiary alicyclic amines) is 1. The van der Waals surface area contributed by atoms with Crippen LogP contribution in [0, 0.1) is 24.2 Å². The maximum Gasteiger partial charge on any atom is 0.233 e. The van der Waals surface area contributed by atoms with E-state index in [4.69, 9.17) is 11.6 Å². The highest BCUT2D eigenvalue weighted by atomic mass is 35.5. The quantitative estimate of drug-likeness (QED) is 0.579. The van der Waals surface area contributed by atoms with E-state index >= 15 is 0 Å². The normalized spacial score (nSPS) is 23.4. The molecule has 2 amide bonds. The highest BCUT2D eigenvalue weighted by Gasteiger charge is 2.72. The van der Waals surface area contributed by atoms with Gasteiger partial charge in [0.25, 0.3) is 0 Å². The first-order chi connectivity index (χ1) is 16.3. The maximum atomic E-state index is 12.8. The number of hydrogen-bond acceptors (Lipinski definition) is 5. The molecule has 2 atom stereocenters. The molecule has 0 bridgehead atoms.